The summed E-state index contributed by atoms with van der Waals surface area (Å²) in [6.45, 7) is 8.28. The maximum atomic E-state index is 6.48. The number of hydrogen-bond acceptors (Lipinski definition) is 2. The Morgan fingerprint density at radius 3 is 1.56 bits per heavy atom. The third-order valence-corrected chi connectivity index (χ3v) is 6.39. The maximum Gasteiger partial charge on any atom is 0.135 e. The van der Waals surface area contributed by atoms with Crippen molar-refractivity contribution in [1.82, 2.24) is 0 Å². The van der Waals surface area contributed by atoms with Crippen LogP contribution in [0.25, 0.3) is 21.5 Å². The monoisotopic (exact) mass is 434 g/mol. The zero-order valence-corrected chi connectivity index (χ0v) is 20.6. The topological polar surface area (TPSA) is 18.5 Å². The molecule has 0 heterocycles. The summed E-state index contributed by atoms with van der Waals surface area (Å²) in [6, 6.07) is 15.4. The number of aryl methyl sites for hydroxylation is 1. The molecule has 0 saturated carbocycles. The highest BCUT2D eigenvalue weighted by Gasteiger charge is 2.16. The molecule has 2 nitrogen and oxygen atoms in total. The van der Waals surface area contributed by atoms with Crippen molar-refractivity contribution in [1.29, 1.82) is 0 Å². The van der Waals surface area contributed by atoms with Crippen LogP contribution in [0.1, 0.15) is 90.5 Å². The van der Waals surface area contributed by atoms with Crippen LogP contribution in [0.2, 0.25) is 0 Å². The normalized spacial score (nSPS) is 11.3. The number of rotatable bonds is 15. The van der Waals surface area contributed by atoms with Gasteiger partial charge in [-0.2, -0.15) is 0 Å². The summed E-state index contributed by atoms with van der Waals surface area (Å²) in [4.78, 5) is 0. The van der Waals surface area contributed by atoms with Crippen LogP contribution in [0, 0.1) is 0 Å². The van der Waals surface area contributed by atoms with E-state index in [4.69, 9.17) is 9.47 Å². The summed E-state index contributed by atoms with van der Waals surface area (Å²) in [5.41, 5.74) is 1.34. The van der Waals surface area contributed by atoms with E-state index in [0.29, 0.717) is 0 Å². The zero-order chi connectivity index (χ0) is 22.6. The van der Waals surface area contributed by atoms with Crippen LogP contribution < -0.4 is 9.47 Å². The van der Waals surface area contributed by atoms with Crippen LogP contribution in [-0.2, 0) is 6.42 Å². The molecule has 0 fully saturated rings. The van der Waals surface area contributed by atoms with E-state index in [0.717, 1.165) is 44.0 Å². The number of benzene rings is 3. The first-order chi connectivity index (χ1) is 15.8. The molecule has 32 heavy (non-hydrogen) atoms. The van der Waals surface area contributed by atoms with Gasteiger partial charge in [-0.15, -0.1) is 0 Å². The molecule has 3 aromatic rings. The predicted octanol–water partition coefficient (Wildman–Crippen LogP) is 9.25. The summed E-state index contributed by atoms with van der Waals surface area (Å²) in [6.07, 6.45) is 13.5. The Morgan fingerprint density at radius 2 is 1.03 bits per heavy atom. The zero-order valence-electron chi connectivity index (χ0n) is 20.6. The third-order valence-electron chi connectivity index (χ3n) is 6.39. The van der Waals surface area contributed by atoms with Crippen LogP contribution in [-0.4, -0.2) is 13.2 Å². The van der Waals surface area contributed by atoms with Crippen LogP contribution in [0.4, 0.5) is 0 Å². The van der Waals surface area contributed by atoms with Gasteiger partial charge in [-0.05, 0) is 30.9 Å². The largest absolute Gasteiger partial charge is 0.492 e. The van der Waals surface area contributed by atoms with E-state index in [1.807, 2.05) is 0 Å². The standard InChI is InChI=1S/C30H42O2/c1-4-7-9-11-15-21-31-29-25-17-13-14-18-26(25)30(32-22-16-12-10-8-5-2)28-23-24(6-3)19-20-27(28)29/h13-14,17-20,23H,4-12,15-16,21-22H2,1-3H3. The van der Waals surface area contributed by atoms with Gasteiger partial charge in [-0.1, -0.05) is 109 Å². The van der Waals surface area contributed by atoms with E-state index in [1.54, 1.807) is 0 Å². The number of unbranched alkanes of at least 4 members (excludes halogenated alkanes) is 8. The van der Waals surface area contributed by atoms with Crippen molar-refractivity contribution in [3.63, 3.8) is 0 Å². The van der Waals surface area contributed by atoms with Crippen molar-refractivity contribution in [3.05, 3.63) is 48.0 Å². The Balaban J connectivity index is 1.89. The van der Waals surface area contributed by atoms with Crippen molar-refractivity contribution in [3.8, 4) is 11.5 Å². The summed E-state index contributed by atoms with van der Waals surface area (Å²) in [5, 5.41) is 4.70. The van der Waals surface area contributed by atoms with Gasteiger partial charge in [0, 0.05) is 21.5 Å². The van der Waals surface area contributed by atoms with E-state index < -0.39 is 0 Å². The summed E-state index contributed by atoms with van der Waals surface area (Å²) < 4.78 is 12.9. The van der Waals surface area contributed by atoms with Gasteiger partial charge in [0.2, 0.25) is 0 Å². The van der Waals surface area contributed by atoms with E-state index in [1.165, 1.54) is 78.5 Å². The molecule has 0 bridgehead atoms. The summed E-state index contributed by atoms with van der Waals surface area (Å²) >= 11 is 0. The first kappa shape index (κ1) is 24.4. The molecule has 174 valence electrons. The van der Waals surface area contributed by atoms with Crippen molar-refractivity contribution >= 4 is 21.5 Å². The lowest BCUT2D eigenvalue weighted by atomic mass is 9.98. The first-order valence-electron chi connectivity index (χ1n) is 13.0. The lowest BCUT2D eigenvalue weighted by molar-refractivity contribution is 0.306. The molecule has 3 aromatic carbocycles. The molecule has 0 saturated heterocycles. The van der Waals surface area contributed by atoms with Gasteiger partial charge in [0.25, 0.3) is 0 Å². The SMILES string of the molecule is CCCCCCCOc1c2ccccc2c(OCCCCCCC)c2cc(CC)ccc12. The van der Waals surface area contributed by atoms with Crippen LogP contribution in [0.15, 0.2) is 42.5 Å². The first-order valence-corrected chi connectivity index (χ1v) is 13.0. The molecule has 2 heteroatoms. The van der Waals surface area contributed by atoms with E-state index in [9.17, 15) is 0 Å². The van der Waals surface area contributed by atoms with Gasteiger partial charge in [0.15, 0.2) is 0 Å². The molecular formula is C30H42O2. The molecule has 3 rings (SSSR count). The van der Waals surface area contributed by atoms with Crippen molar-refractivity contribution in [2.75, 3.05) is 13.2 Å². The van der Waals surface area contributed by atoms with Gasteiger partial charge < -0.3 is 9.47 Å². The molecule has 0 aliphatic heterocycles. The molecular weight excluding hydrogens is 392 g/mol. The van der Waals surface area contributed by atoms with E-state index >= 15 is 0 Å². The summed E-state index contributed by atoms with van der Waals surface area (Å²) in [5.74, 6) is 2.04. The fourth-order valence-electron chi connectivity index (χ4n) is 4.44. The molecule has 0 radical (unpaired) electrons. The lowest BCUT2D eigenvalue weighted by Crippen LogP contribution is -2.02. The Hall–Kier alpha value is -2.22. The predicted molar refractivity (Wildman–Crippen MR) is 139 cm³/mol. The van der Waals surface area contributed by atoms with Crippen molar-refractivity contribution in [2.45, 2.75) is 91.4 Å². The Kier molecular flexibility index (Phi) is 10.2. The molecule has 0 unspecified atom stereocenters. The molecule has 0 aliphatic carbocycles. The Morgan fingerprint density at radius 1 is 0.531 bits per heavy atom. The second kappa shape index (κ2) is 13.4. The summed E-state index contributed by atoms with van der Waals surface area (Å²) in [7, 11) is 0. The van der Waals surface area contributed by atoms with Gasteiger partial charge >= 0.3 is 0 Å². The number of ether oxygens (including phenoxy) is 2. The van der Waals surface area contributed by atoms with Gasteiger partial charge in [0.1, 0.15) is 11.5 Å². The van der Waals surface area contributed by atoms with Crippen LogP contribution in [0.3, 0.4) is 0 Å². The molecule has 0 aliphatic rings. The highest BCUT2D eigenvalue weighted by Crippen LogP contribution is 2.43. The third kappa shape index (κ3) is 6.40. The second-order valence-corrected chi connectivity index (χ2v) is 8.96. The minimum absolute atomic E-state index is 0.774. The molecule has 0 amide bonds. The Bertz CT molecular complexity index is 960. The molecule has 0 atom stereocenters. The van der Waals surface area contributed by atoms with E-state index in [2.05, 4.69) is 63.2 Å². The molecule has 0 N–H and O–H groups in total. The van der Waals surface area contributed by atoms with Gasteiger partial charge in [0.05, 0.1) is 13.2 Å². The molecule has 0 aromatic heterocycles. The van der Waals surface area contributed by atoms with E-state index in [-0.39, 0.29) is 0 Å². The maximum absolute atomic E-state index is 6.48. The minimum atomic E-state index is 0.774. The van der Waals surface area contributed by atoms with Crippen LogP contribution in [0.5, 0.6) is 11.5 Å². The van der Waals surface area contributed by atoms with Crippen molar-refractivity contribution in [2.24, 2.45) is 0 Å². The van der Waals surface area contributed by atoms with Gasteiger partial charge in [-0.25, -0.2) is 0 Å². The smallest absolute Gasteiger partial charge is 0.135 e. The average Bonchev–Trinajstić information content (AvgIpc) is 2.83. The average molecular weight is 435 g/mol. The highest BCUT2D eigenvalue weighted by molar-refractivity contribution is 6.11. The quantitative estimate of drug-likeness (QED) is 0.175. The lowest BCUT2D eigenvalue weighted by Gasteiger charge is -2.18. The van der Waals surface area contributed by atoms with Crippen molar-refractivity contribution < 1.29 is 9.47 Å². The second-order valence-electron chi connectivity index (χ2n) is 8.96. The highest BCUT2D eigenvalue weighted by atomic mass is 16.5. The van der Waals surface area contributed by atoms with Crippen LogP contribution >= 0.6 is 0 Å². The fraction of sp³-hybridized carbons (Fsp3) is 0.533. The number of fused-ring (bicyclic) bond motifs is 2. The minimum Gasteiger partial charge on any atom is -0.492 e. The molecule has 0 spiro atoms. The number of hydrogen-bond donors (Lipinski definition) is 0. The Labute approximate surface area is 195 Å². The fourth-order valence-corrected chi connectivity index (χ4v) is 4.44. The van der Waals surface area contributed by atoms with Gasteiger partial charge in [-0.3, -0.25) is 0 Å².